The maximum atomic E-state index is 12.4. The van der Waals surface area contributed by atoms with E-state index in [1.54, 1.807) is 0 Å². The number of nitrogens with one attached hydrogen (secondary N) is 1. The Morgan fingerprint density at radius 1 is 1.18 bits per heavy atom. The Labute approximate surface area is 130 Å². The van der Waals surface area contributed by atoms with Gasteiger partial charge in [-0.25, -0.2) is 0 Å². The zero-order valence-electron chi connectivity index (χ0n) is 12.8. The van der Waals surface area contributed by atoms with Gasteiger partial charge in [-0.2, -0.15) is 0 Å². The van der Waals surface area contributed by atoms with Crippen molar-refractivity contribution in [1.29, 1.82) is 0 Å². The topological polar surface area (TPSA) is 66.4 Å². The minimum absolute atomic E-state index is 0.0216. The van der Waals surface area contributed by atoms with Crippen molar-refractivity contribution in [3.63, 3.8) is 0 Å². The first-order valence-corrected chi connectivity index (χ1v) is 8.18. The Hall–Kier alpha value is -1.84. The molecule has 1 atom stereocenters. The van der Waals surface area contributed by atoms with Crippen molar-refractivity contribution in [2.45, 2.75) is 51.0 Å². The summed E-state index contributed by atoms with van der Waals surface area (Å²) in [5.41, 5.74) is 0.309. The van der Waals surface area contributed by atoms with E-state index in [1.165, 1.54) is 6.42 Å². The van der Waals surface area contributed by atoms with Crippen LogP contribution in [0.5, 0.6) is 0 Å². The fourth-order valence-electron chi connectivity index (χ4n) is 3.51. The van der Waals surface area contributed by atoms with Gasteiger partial charge in [0.15, 0.2) is 0 Å². The molecule has 22 heavy (non-hydrogen) atoms. The second-order valence-corrected chi connectivity index (χ2v) is 6.76. The summed E-state index contributed by atoms with van der Waals surface area (Å²) in [6.07, 6.45) is 5.73. The van der Waals surface area contributed by atoms with Crippen molar-refractivity contribution in [3.05, 3.63) is 35.9 Å². The minimum atomic E-state index is -0.825. The molecule has 118 valence electrons. The lowest BCUT2D eigenvalue weighted by molar-refractivity contribution is -0.157. The van der Waals surface area contributed by atoms with Crippen LogP contribution in [0.1, 0.15) is 56.6 Å². The first kappa shape index (κ1) is 15.1. The molecule has 2 fully saturated rings. The number of carboxylic acids is 1. The highest BCUT2D eigenvalue weighted by Gasteiger charge is 2.46. The van der Waals surface area contributed by atoms with E-state index in [-0.39, 0.29) is 18.4 Å². The molecular weight excluding hydrogens is 278 g/mol. The highest BCUT2D eigenvalue weighted by molar-refractivity contribution is 5.85. The lowest BCUT2D eigenvalue weighted by atomic mass is 9.66. The third-order valence-electron chi connectivity index (χ3n) is 5.36. The lowest BCUT2D eigenvalue weighted by Gasteiger charge is -2.39. The number of carbonyl (C=O) groups excluding carboxylic acids is 1. The molecule has 0 saturated heterocycles. The molecule has 1 aromatic carbocycles. The van der Waals surface area contributed by atoms with Crippen molar-refractivity contribution in [2.24, 2.45) is 11.3 Å². The number of amides is 1. The third kappa shape index (κ3) is 2.87. The largest absolute Gasteiger partial charge is 0.481 e. The van der Waals surface area contributed by atoms with Gasteiger partial charge in [0, 0.05) is 6.42 Å². The first-order valence-electron chi connectivity index (χ1n) is 8.18. The predicted octanol–water partition coefficient (Wildman–Crippen LogP) is 3.29. The Kier molecular flexibility index (Phi) is 4.19. The van der Waals surface area contributed by atoms with E-state index < -0.39 is 11.4 Å². The second-order valence-electron chi connectivity index (χ2n) is 6.76. The van der Waals surface area contributed by atoms with Gasteiger partial charge in [-0.1, -0.05) is 43.2 Å². The zero-order chi connectivity index (χ0) is 15.6. The molecule has 4 nitrogen and oxygen atoms in total. The normalized spacial score (nSPS) is 21.3. The molecule has 2 aliphatic carbocycles. The van der Waals surface area contributed by atoms with Crippen LogP contribution in [0, 0.1) is 11.3 Å². The van der Waals surface area contributed by atoms with Gasteiger partial charge >= 0.3 is 5.97 Å². The molecule has 0 aliphatic heterocycles. The molecule has 2 saturated carbocycles. The molecule has 0 aromatic heterocycles. The molecule has 2 N–H and O–H groups in total. The summed E-state index contributed by atoms with van der Waals surface area (Å²) in [4.78, 5) is 23.8. The second kappa shape index (κ2) is 6.11. The van der Waals surface area contributed by atoms with Crippen LogP contribution in [0.2, 0.25) is 0 Å². The molecule has 1 unspecified atom stereocenters. The fraction of sp³-hybridized carbons (Fsp3) is 0.556. The Bertz CT molecular complexity index is 547. The summed E-state index contributed by atoms with van der Waals surface area (Å²) in [5, 5.41) is 12.5. The number of aliphatic carboxylic acids is 1. The molecule has 0 spiro atoms. The van der Waals surface area contributed by atoms with Gasteiger partial charge < -0.3 is 10.4 Å². The summed E-state index contributed by atoms with van der Waals surface area (Å²) >= 11 is 0. The SMILES string of the molecule is O=C(CC1(C(=O)O)CCC1)NC(c1ccccc1)C1CCC1. The van der Waals surface area contributed by atoms with Crippen LogP contribution in [-0.4, -0.2) is 17.0 Å². The highest BCUT2D eigenvalue weighted by atomic mass is 16.4. The van der Waals surface area contributed by atoms with E-state index in [2.05, 4.69) is 5.32 Å². The van der Waals surface area contributed by atoms with Crippen molar-refractivity contribution >= 4 is 11.9 Å². The molecule has 0 bridgehead atoms. The van der Waals surface area contributed by atoms with E-state index >= 15 is 0 Å². The summed E-state index contributed by atoms with van der Waals surface area (Å²) < 4.78 is 0. The van der Waals surface area contributed by atoms with Gasteiger partial charge in [0.05, 0.1) is 11.5 Å². The molecule has 1 amide bonds. The number of hydrogen-bond acceptors (Lipinski definition) is 2. The van der Waals surface area contributed by atoms with Gasteiger partial charge in [0.25, 0.3) is 0 Å². The third-order valence-corrected chi connectivity index (χ3v) is 5.36. The molecule has 3 rings (SSSR count). The number of hydrogen-bond donors (Lipinski definition) is 2. The summed E-state index contributed by atoms with van der Waals surface area (Å²) in [5.74, 6) is -0.467. The van der Waals surface area contributed by atoms with E-state index in [4.69, 9.17) is 0 Å². The summed E-state index contributed by atoms with van der Waals surface area (Å²) in [7, 11) is 0. The van der Waals surface area contributed by atoms with E-state index in [0.29, 0.717) is 18.8 Å². The lowest BCUT2D eigenvalue weighted by Crippen LogP contribution is -2.44. The first-order chi connectivity index (χ1) is 10.6. The van der Waals surface area contributed by atoms with Crippen LogP contribution in [0.3, 0.4) is 0 Å². The summed E-state index contributed by atoms with van der Waals surface area (Å²) in [6.45, 7) is 0. The van der Waals surface area contributed by atoms with Crippen molar-refractivity contribution in [1.82, 2.24) is 5.32 Å². The van der Waals surface area contributed by atoms with E-state index in [0.717, 1.165) is 24.8 Å². The van der Waals surface area contributed by atoms with Crippen LogP contribution < -0.4 is 5.32 Å². The Balaban J connectivity index is 1.68. The van der Waals surface area contributed by atoms with Crippen molar-refractivity contribution < 1.29 is 14.7 Å². The molecule has 0 heterocycles. The molecule has 2 aliphatic rings. The molecular formula is C18H23NO3. The van der Waals surface area contributed by atoms with Crippen molar-refractivity contribution in [2.75, 3.05) is 0 Å². The van der Waals surface area contributed by atoms with Crippen LogP contribution in [0.25, 0.3) is 0 Å². The van der Waals surface area contributed by atoms with Gasteiger partial charge in [-0.05, 0) is 37.2 Å². The van der Waals surface area contributed by atoms with Gasteiger partial charge in [-0.15, -0.1) is 0 Å². The van der Waals surface area contributed by atoms with Crippen molar-refractivity contribution in [3.8, 4) is 0 Å². The quantitative estimate of drug-likeness (QED) is 0.847. The summed E-state index contributed by atoms with van der Waals surface area (Å²) in [6, 6.07) is 10.0. The Morgan fingerprint density at radius 2 is 1.86 bits per heavy atom. The van der Waals surface area contributed by atoms with Crippen LogP contribution in [0.4, 0.5) is 0 Å². The monoisotopic (exact) mass is 301 g/mol. The smallest absolute Gasteiger partial charge is 0.310 e. The molecule has 1 aromatic rings. The molecule has 0 radical (unpaired) electrons. The maximum Gasteiger partial charge on any atom is 0.310 e. The van der Waals surface area contributed by atoms with Gasteiger partial charge in [0.2, 0.25) is 5.91 Å². The van der Waals surface area contributed by atoms with Crippen LogP contribution >= 0.6 is 0 Å². The molecule has 4 heteroatoms. The standard InChI is InChI=1S/C18H23NO3/c20-15(12-18(17(21)22)10-5-11-18)19-16(14-8-4-9-14)13-6-2-1-3-7-13/h1-3,6-7,14,16H,4-5,8-12H2,(H,19,20)(H,21,22). The van der Waals surface area contributed by atoms with Gasteiger partial charge in [-0.3, -0.25) is 9.59 Å². The number of benzene rings is 1. The Morgan fingerprint density at radius 3 is 2.32 bits per heavy atom. The average molecular weight is 301 g/mol. The van der Waals surface area contributed by atoms with Crippen LogP contribution in [-0.2, 0) is 9.59 Å². The van der Waals surface area contributed by atoms with Crippen LogP contribution in [0.15, 0.2) is 30.3 Å². The predicted molar refractivity (Wildman–Crippen MR) is 83.2 cm³/mol. The minimum Gasteiger partial charge on any atom is -0.481 e. The number of carbonyl (C=O) groups is 2. The highest BCUT2D eigenvalue weighted by Crippen LogP contribution is 2.44. The average Bonchev–Trinajstić information content (AvgIpc) is 2.41. The maximum absolute atomic E-state index is 12.4. The van der Waals surface area contributed by atoms with E-state index in [1.807, 2.05) is 30.3 Å². The zero-order valence-corrected chi connectivity index (χ0v) is 12.8. The van der Waals surface area contributed by atoms with Gasteiger partial charge in [0.1, 0.15) is 0 Å². The fourth-order valence-corrected chi connectivity index (χ4v) is 3.51. The number of carboxylic acid groups (broad SMARTS) is 1. The van der Waals surface area contributed by atoms with E-state index in [9.17, 15) is 14.7 Å². The number of rotatable bonds is 6.